The summed E-state index contributed by atoms with van der Waals surface area (Å²) in [6.45, 7) is 6.09. The summed E-state index contributed by atoms with van der Waals surface area (Å²) >= 11 is 0. The van der Waals surface area contributed by atoms with Crippen LogP contribution in [-0.4, -0.2) is 60.1 Å². The lowest BCUT2D eigenvalue weighted by Crippen LogP contribution is -2.39. The highest BCUT2D eigenvalue weighted by Crippen LogP contribution is 2.35. The molecule has 2 fully saturated rings. The smallest absolute Gasteiger partial charge is 0.310 e. The molecule has 2 rings (SSSR count). The molecule has 2 saturated heterocycles. The van der Waals surface area contributed by atoms with Crippen LogP contribution in [0.15, 0.2) is 0 Å². The van der Waals surface area contributed by atoms with Crippen LogP contribution in [-0.2, 0) is 4.79 Å². The normalized spacial score (nSPS) is 32.6. The van der Waals surface area contributed by atoms with Crippen molar-refractivity contribution in [3.63, 3.8) is 0 Å². The monoisotopic (exact) mass is 282 g/mol. The molecule has 2 heterocycles. The minimum Gasteiger partial charge on any atom is -0.481 e. The summed E-state index contributed by atoms with van der Waals surface area (Å²) in [5.74, 6) is -0.586. The van der Waals surface area contributed by atoms with Crippen molar-refractivity contribution < 1.29 is 9.90 Å². The molecule has 0 aliphatic carbocycles. The average molecular weight is 282 g/mol. The molecule has 116 valence electrons. The number of carbonyl (C=O) groups is 1. The van der Waals surface area contributed by atoms with Gasteiger partial charge in [0.15, 0.2) is 0 Å². The Balaban J connectivity index is 1.81. The first kappa shape index (κ1) is 15.8. The van der Waals surface area contributed by atoms with Crippen molar-refractivity contribution in [1.82, 2.24) is 9.80 Å². The first-order chi connectivity index (χ1) is 9.57. The van der Waals surface area contributed by atoms with Gasteiger partial charge < -0.3 is 14.9 Å². The third-order valence-corrected chi connectivity index (χ3v) is 5.32. The maximum absolute atomic E-state index is 11.6. The molecule has 0 aromatic carbocycles. The van der Waals surface area contributed by atoms with Gasteiger partial charge >= 0.3 is 5.97 Å². The van der Waals surface area contributed by atoms with E-state index in [0.717, 1.165) is 38.9 Å². The third kappa shape index (κ3) is 3.53. The van der Waals surface area contributed by atoms with E-state index in [1.54, 1.807) is 0 Å². The van der Waals surface area contributed by atoms with E-state index in [9.17, 15) is 9.90 Å². The Morgan fingerprint density at radius 1 is 1.35 bits per heavy atom. The molecule has 20 heavy (non-hydrogen) atoms. The van der Waals surface area contributed by atoms with Crippen LogP contribution in [0.25, 0.3) is 0 Å². The second-order valence-corrected chi connectivity index (χ2v) is 6.78. The first-order valence-corrected chi connectivity index (χ1v) is 8.23. The molecule has 0 bridgehead atoms. The van der Waals surface area contributed by atoms with Crippen LogP contribution in [0.5, 0.6) is 0 Å². The van der Waals surface area contributed by atoms with E-state index in [1.165, 1.54) is 32.2 Å². The van der Waals surface area contributed by atoms with E-state index in [2.05, 4.69) is 23.8 Å². The summed E-state index contributed by atoms with van der Waals surface area (Å²) in [6.07, 6.45) is 7.80. The molecule has 2 atom stereocenters. The molecule has 2 unspecified atom stereocenters. The highest BCUT2D eigenvalue weighted by Gasteiger charge is 2.43. The van der Waals surface area contributed by atoms with Gasteiger partial charge in [-0.1, -0.05) is 19.8 Å². The molecule has 4 heteroatoms. The Hall–Kier alpha value is -0.610. The van der Waals surface area contributed by atoms with Crippen molar-refractivity contribution in [2.45, 2.75) is 57.9 Å². The van der Waals surface area contributed by atoms with Gasteiger partial charge in [0.2, 0.25) is 0 Å². The lowest BCUT2D eigenvalue weighted by atomic mass is 9.83. The van der Waals surface area contributed by atoms with E-state index in [0.29, 0.717) is 6.04 Å². The van der Waals surface area contributed by atoms with Crippen LogP contribution in [0.4, 0.5) is 0 Å². The second kappa shape index (κ2) is 6.90. The fourth-order valence-corrected chi connectivity index (χ4v) is 3.95. The highest BCUT2D eigenvalue weighted by atomic mass is 16.4. The topological polar surface area (TPSA) is 43.8 Å². The van der Waals surface area contributed by atoms with Gasteiger partial charge in [-0.15, -0.1) is 0 Å². The number of hydrogen-bond donors (Lipinski definition) is 1. The van der Waals surface area contributed by atoms with Gasteiger partial charge in [-0.05, 0) is 58.8 Å². The molecule has 2 aliphatic heterocycles. The molecule has 0 spiro atoms. The molecule has 2 aliphatic rings. The van der Waals surface area contributed by atoms with E-state index in [4.69, 9.17) is 0 Å². The zero-order valence-electron chi connectivity index (χ0n) is 13.1. The Morgan fingerprint density at radius 3 is 2.80 bits per heavy atom. The summed E-state index contributed by atoms with van der Waals surface area (Å²) < 4.78 is 0. The number of likely N-dealkylation sites (tertiary alicyclic amines) is 2. The Kier molecular flexibility index (Phi) is 5.44. The van der Waals surface area contributed by atoms with Gasteiger partial charge in [0.25, 0.3) is 0 Å². The predicted molar refractivity (Wildman–Crippen MR) is 80.9 cm³/mol. The molecular weight excluding hydrogens is 252 g/mol. The SMILES string of the molecule is CCCC1(C(=O)O)CCN(CCC2CCCCN2C)C1. The zero-order valence-corrected chi connectivity index (χ0v) is 13.1. The van der Waals surface area contributed by atoms with E-state index in [-0.39, 0.29) is 0 Å². The number of aliphatic carboxylic acids is 1. The predicted octanol–water partition coefficient (Wildman–Crippen LogP) is 2.44. The van der Waals surface area contributed by atoms with Gasteiger partial charge in [0.1, 0.15) is 0 Å². The standard InChI is InChI=1S/C16H30N2O2/c1-3-8-16(15(19)20)9-12-18(13-16)11-7-14-6-4-5-10-17(14)2/h14H,3-13H2,1-2H3,(H,19,20). The van der Waals surface area contributed by atoms with Crippen LogP contribution in [0, 0.1) is 5.41 Å². The Labute approximate surface area is 123 Å². The Bertz CT molecular complexity index is 334. The van der Waals surface area contributed by atoms with Crippen molar-refractivity contribution in [2.75, 3.05) is 33.2 Å². The van der Waals surface area contributed by atoms with E-state index >= 15 is 0 Å². The number of nitrogens with zero attached hydrogens (tertiary/aromatic N) is 2. The third-order valence-electron chi connectivity index (χ3n) is 5.32. The van der Waals surface area contributed by atoms with Gasteiger partial charge in [-0.3, -0.25) is 4.79 Å². The maximum atomic E-state index is 11.6. The molecule has 1 N–H and O–H groups in total. The van der Waals surface area contributed by atoms with Crippen LogP contribution in [0.3, 0.4) is 0 Å². The average Bonchev–Trinajstić information content (AvgIpc) is 2.83. The van der Waals surface area contributed by atoms with Gasteiger partial charge in [-0.25, -0.2) is 0 Å². The molecule has 4 nitrogen and oxygen atoms in total. The Morgan fingerprint density at radius 2 is 2.15 bits per heavy atom. The molecular formula is C16H30N2O2. The highest BCUT2D eigenvalue weighted by molar-refractivity contribution is 5.75. The minimum absolute atomic E-state index is 0.465. The summed E-state index contributed by atoms with van der Waals surface area (Å²) in [5.41, 5.74) is -0.465. The second-order valence-electron chi connectivity index (χ2n) is 6.78. The quantitative estimate of drug-likeness (QED) is 0.812. The van der Waals surface area contributed by atoms with Gasteiger partial charge in [0, 0.05) is 12.6 Å². The lowest BCUT2D eigenvalue weighted by molar-refractivity contribution is -0.148. The summed E-state index contributed by atoms with van der Waals surface area (Å²) in [6, 6.07) is 0.703. The number of carboxylic acid groups (broad SMARTS) is 1. The summed E-state index contributed by atoms with van der Waals surface area (Å²) in [4.78, 5) is 16.4. The maximum Gasteiger partial charge on any atom is 0.310 e. The van der Waals surface area contributed by atoms with Crippen molar-refractivity contribution in [3.05, 3.63) is 0 Å². The zero-order chi connectivity index (χ0) is 14.6. The van der Waals surface area contributed by atoms with Crippen molar-refractivity contribution in [2.24, 2.45) is 5.41 Å². The fourth-order valence-electron chi connectivity index (χ4n) is 3.95. The summed E-state index contributed by atoms with van der Waals surface area (Å²) in [5, 5.41) is 9.54. The van der Waals surface area contributed by atoms with E-state index < -0.39 is 11.4 Å². The van der Waals surface area contributed by atoms with Crippen LogP contribution < -0.4 is 0 Å². The molecule has 0 radical (unpaired) electrons. The minimum atomic E-state index is -0.586. The van der Waals surface area contributed by atoms with Crippen molar-refractivity contribution in [3.8, 4) is 0 Å². The molecule has 0 aromatic heterocycles. The largest absolute Gasteiger partial charge is 0.481 e. The van der Waals surface area contributed by atoms with E-state index in [1.807, 2.05) is 0 Å². The lowest BCUT2D eigenvalue weighted by Gasteiger charge is -2.33. The fraction of sp³-hybridized carbons (Fsp3) is 0.938. The van der Waals surface area contributed by atoms with Crippen LogP contribution in [0.1, 0.15) is 51.9 Å². The number of piperidine rings is 1. The summed E-state index contributed by atoms with van der Waals surface area (Å²) in [7, 11) is 2.23. The van der Waals surface area contributed by atoms with Gasteiger partial charge in [0.05, 0.1) is 5.41 Å². The van der Waals surface area contributed by atoms with Crippen molar-refractivity contribution in [1.29, 1.82) is 0 Å². The van der Waals surface area contributed by atoms with Crippen LogP contribution >= 0.6 is 0 Å². The van der Waals surface area contributed by atoms with Crippen LogP contribution in [0.2, 0.25) is 0 Å². The van der Waals surface area contributed by atoms with Gasteiger partial charge in [-0.2, -0.15) is 0 Å². The number of rotatable bonds is 6. The number of carboxylic acids is 1. The van der Waals surface area contributed by atoms with Crippen molar-refractivity contribution >= 4 is 5.97 Å². The molecule has 0 amide bonds. The first-order valence-electron chi connectivity index (χ1n) is 8.23. The molecule has 0 saturated carbocycles. The molecule has 0 aromatic rings. The number of hydrogen-bond acceptors (Lipinski definition) is 3.